The quantitative estimate of drug-likeness (QED) is 0.558. The lowest BCUT2D eigenvalue weighted by atomic mass is 10.1. The Morgan fingerprint density at radius 1 is 1.44 bits per heavy atom. The zero-order valence-corrected chi connectivity index (χ0v) is 10.0. The third kappa shape index (κ3) is 2.36. The average Bonchev–Trinajstić information content (AvgIpc) is 2.74. The zero-order valence-electron chi connectivity index (χ0n) is 10.0. The first-order valence-corrected chi connectivity index (χ1v) is 5.73. The number of aromatic nitrogens is 2. The topological polar surface area (TPSA) is 109 Å². The largest absolute Gasteiger partial charge is 0.396 e. The highest BCUT2D eigenvalue weighted by Crippen LogP contribution is 2.26. The molecule has 1 aromatic heterocycles. The molecule has 0 amide bonds. The van der Waals surface area contributed by atoms with Crippen molar-refractivity contribution in [1.29, 1.82) is 0 Å². The van der Waals surface area contributed by atoms with Crippen molar-refractivity contribution < 1.29 is 10.2 Å². The molecule has 0 unspecified atom stereocenters. The maximum atomic E-state index is 9.02. The van der Waals surface area contributed by atoms with E-state index in [0.717, 1.165) is 0 Å². The van der Waals surface area contributed by atoms with Gasteiger partial charge in [-0.2, -0.15) is 4.99 Å². The Morgan fingerprint density at radius 2 is 2.17 bits per heavy atom. The third-order valence-corrected chi connectivity index (χ3v) is 2.90. The summed E-state index contributed by atoms with van der Waals surface area (Å²) in [6.07, 6.45) is 2.30. The van der Waals surface area contributed by atoms with Crippen LogP contribution in [0.1, 0.15) is 12.1 Å². The van der Waals surface area contributed by atoms with E-state index in [-0.39, 0.29) is 25.1 Å². The van der Waals surface area contributed by atoms with Gasteiger partial charge in [-0.3, -0.25) is 0 Å². The molecule has 2 heterocycles. The molecule has 1 aliphatic heterocycles. The van der Waals surface area contributed by atoms with E-state index in [2.05, 4.69) is 21.9 Å². The Bertz CT molecular complexity index is 476. The second-order valence-corrected chi connectivity index (χ2v) is 4.23. The molecule has 7 nitrogen and oxygen atoms in total. The molecule has 0 saturated carbocycles. The summed E-state index contributed by atoms with van der Waals surface area (Å²) in [5.41, 5.74) is 6.93. The molecule has 0 radical (unpaired) electrons. The highest BCUT2D eigenvalue weighted by Gasteiger charge is 2.19. The number of nitrogens with zero attached hydrogens (tertiary/aromatic N) is 3. The summed E-state index contributed by atoms with van der Waals surface area (Å²) in [4.78, 5) is 8.40. The van der Waals surface area contributed by atoms with Crippen molar-refractivity contribution in [3.8, 4) is 0 Å². The fourth-order valence-electron chi connectivity index (χ4n) is 1.79. The fourth-order valence-corrected chi connectivity index (χ4v) is 1.79. The minimum absolute atomic E-state index is 0.0347. The molecular formula is C11H17N5O2. The van der Waals surface area contributed by atoms with Crippen molar-refractivity contribution in [1.82, 2.24) is 14.9 Å². The van der Waals surface area contributed by atoms with Crippen molar-refractivity contribution in [3.63, 3.8) is 0 Å². The molecule has 7 heteroatoms. The smallest absolute Gasteiger partial charge is 0.199 e. The monoisotopic (exact) mass is 251 g/mol. The Balaban J connectivity index is 2.15. The van der Waals surface area contributed by atoms with Crippen molar-refractivity contribution in [2.45, 2.75) is 13.0 Å². The number of aliphatic hydroxyl groups excluding tert-OH is 2. The molecule has 0 saturated heterocycles. The van der Waals surface area contributed by atoms with Crippen LogP contribution < -0.4 is 11.1 Å². The van der Waals surface area contributed by atoms with Crippen molar-refractivity contribution in [2.24, 2.45) is 16.6 Å². The second-order valence-electron chi connectivity index (χ2n) is 4.23. The van der Waals surface area contributed by atoms with Crippen LogP contribution in [0.3, 0.4) is 0 Å². The van der Waals surface area contributed by atoms with Crippen LogP contribution in [0.2, 0.25) is 0 Å². The number of aliphatic imine (C=N–C) groups is 1. The van der Waals surface area contributed by atoms with Crippen molar-refractivity contribution in [3.05, 3.63) is 18.6 Å². The molecule has 0 bridgehead atoms. The number of aryl methyl sites for hydroxylation is 1. The van der Waals surface area contributed by atoms with Crippen molar-refractivity contribution in [2.75, 3.05) is 13.2 Å². The lowest BCUT2D eigenvalue weighted by Gasteiger charge is -2.16. The first-order chi connectivity index (χ1) is 8.65. The third-order valence-electron chi connectivity index (χ3n) is 2.90. The van der Waals surface area contributed by atoms with Gasteiger partial charge in [-0.05, 0) is 6.42 Å². The van der Waals surface area contributed by atoms with Crippen molar-refractivity contribution >= 4 is 17.5 Å². The highest BCUT2D eigenvalue weighted by atomic mass is 16.3. The maximum Gasteiger partial charge on any atom is 0.199 e. The van der Waals surface area contributed by atoms with E-state index in [4.69, 9.17) is 15.9 Å². The minimum atomic E-state index is -0.130. The van der Waals surface area contributed by atoms with Gasteiger partial charge in [0.2, 0.25) is 0 Å². The SMILES string of the molecule is C=C1NC(N)=Nc2c1ncn2CCC(CO)CO. The van der Waals surface area contributed by atoms with Crippen LogP contribution >= 0.6 is 0 Å². The number of fused-ring (bicyclic) bond motifs is 1. The first kappa shape index (κ1) is 12.6. The molecule has 0 aliphatic carbocycles. The van der Waals surface area contributed by atoms with E-state index in [1.54, 1.807) is 6.33 Å². The molecule has 5 N–H and O–H groups in total. The summed E-state index contributed by atoms with van der Waals surface area (Å²) in [7, 11) is 0. The summed E-state index contributed by atoms with van der Waals surface area (Å²) in [5, 5.41) is 20.9. The van der Waals surface area contributed by atoms with Crippen LogP contribution in [0.25, 0.3) is 5.70 Å². The van der Waals surface area contributed by atoms with Gasteiger partial charge in [-0.1, -0.05) is 6.58 Å². The number of nitrogens with two attached hydrogens (primary N) is 1. The summed E-state index contributed by atoms with van der Waals surface area (Å²) < 4.78 is 1.84. The number of aliphatic hydroxyl groups is 2. The van der Waals surface area contributed by atoms with E-state index in [1.807, 2.05) is 4.57 Å². The summed E-state index contributed by atoms with van der Waals surface area (Å²) >= 11 is 0. The number of rotatable bonds is 5. The molecule has 2 rings (SSSR count). The first-order valence-electron chi connectivity index (χ1n) is 5.73. The van der Waals surface area contributed by atoms with Crippen LogP contribution in [0.4, 0.5) is 5.82 Å². The number of hydrogen-bond donors (Lipinski definition) is 4. The van der Waals surface area contributed by atoms with Gasteiger partial charge in [-0.15, -0.1) is 0 Å². The average molecular weight is 251 g/mol. The number of imidazole rings is 1. The van der Waals surface area contributed by atoms with E-state index < -0.39 is 0 Å². The number of hydrogen-bond acceptors (Lipinski definition) is 6. The zero-order chi connectivity index (χ0) is 13.1. The van der Waals surface area contributed by atoms with Gasteiger partial charge < -0.3 is 25.8 Å². The Hall–Kier alpha value is -1.86. The van der Waals surface area contributed by atoms with Crippen LogP contribution in [0, 0.1) is 5.92 Å². The van der Waals surface area contributed by atoms with E-state index in [9.17, 15) is 0 Å². The van der Waals surface area contributed by atoms with Crippen LogP contribution in [-0.2, 0) is 6.54 Å². The minimum Gasteiger partial charge on any atom is -0.396 e. The summed E-state index contributed by atoms with van der Waals surface area (Å²) in [5.74, 6) is 0.815. The van der Waals surface area contributed by atoms with Crippen LogP contribution in [-0.4, -0.2) is 38.9 Å². The molecule has 0 atom stereocenters. The molecule has 1 aromatic rings. The Labute approximate surface area is 105 Å². The molecule has 18 heavy (non-hydrogen) atoms. The van der Waals surface area contributed by atoms with Crippen LogP contribution in [0.15, 0.2) is 17.9 Å². The molecule has 0 fully saturated rings. The normalized spacial score (nSPS) is 14.4. The predicted octanol–water partition coefficient (Wildman–Crippen LogP) is -0.606. The Kier molecular flexibility index (Phi) is 3.63. The number of guanidine groups is 1. The van der Waals surface area contributed by atoms with E-state index in [0.29, 0.717) is 30.2 Å². The second kappa shape index (κ2) is 5.19. The van der Waals surface area contributed by atoms with Gasteiger partial charge in [-0.25, -0.2) is 4.98 Å². The predicted molar refractivity (Wildman–Crippen MR) is 68.0 cm³/mol. The van der Waals surface area contributed by atoms with Gasteiger partial charge in [0.05, 0.1) is 12.0 Å². The number of nitrogens with one attached hydrogen (secondary N) is 1. The van der Waals surface area contributed by atoms with Crippen LogP contribution in [0.5, 0.6) is 0 Å². The fraction of sp³-hybridized carbons (Fsp3) is 0.455. The highest BCUT2D eigenvalue weighted by molar-refractivity contribution is 5.93. The molecule has 1 aliphatic rings. The Morgan fingerprint density at radius 3 is 2.83 bits per heavy atom. The van der Waals surface area contributed by atoms with E-state index in [1.165, 1.54) is 0 Å². The van der Waals surface area contributed by atoms with Gasteiger partial charge in [0, 0.05) is 25.7 Å². The maximum absolute atomic E-state index is 9.02. The summed E-state index contributed by atoms with van der Waals surface area (Å²) in [6.45, 7) is 4.36. The molecule has 0 aromatic carbocycles. The lowest BCUT2D eigenvalue weighted by Crippen LogP contribution is -2.32. The van der Waals surface area contributed by atoms with Gasteiger partial charge in [0.15, 0.2) is 11.8 Å². The van der Waals surface area contributed by atoms with E-state index >= 15 is 0 Å². The van der Waals surface area contributed by atoms with Gasteiger partial charge in [0.25, 0.3) is 0 Å². The molecule has 98 valence electrons. The summed E-state index contributed by atoms with van der Waals surface area (Å²) in [6, 6.07) is 0. The molecule has 0 spiro atoms. The van der Waals surface area contributed by atoms with Gasteiger partial charge in [0.1, 0.15) is 5.69 Å². The lowest BCUT2D eigenvalue weighted by molar-refractivity contribution is 0.140. The molecular weight excluding hydrogens is 234 g/mol. The standard InChI is InChI=1S/C11H17N5O2/c1-7-9-10(15-11(12)14-7)16(6-13-9)3-2-8(4-17)5-18/h6,8,17-18H,1-5H2,(H3,12,14,15). The van der Waals surface area contributed by atoms with Gasteiger partial charge >= 0.3 is 0 Å².